The molecule has 0 spiro atoms. The SMILES string of the molecule is CCCC(C)Nc1nc(NN)ncc1[N+](=O)[O-]. The number of hydrogen-bond acceptors (Lipinski definition) is 7. The van der Waals surface area contributed by atoms with Gasteiger partial charge in [-0.25, -0.2) is 10.8 Å². The number of rotatable bonds is 6. The van der Waals surface area contributed by atoms with Crippen molar-refractivity contribution in [1.82, 2.24) is 9.97 Å². The second kappa shape index (κ2) is 5.94. The van der Waals surface area contributed by atoms with E-state index in [1.807, 2.05) is 13.8 Å². The Labute approximate surface area is 98.8 Å². The zero-order chi connectivity index (χ0) is 12.8. The maximum absolute atomic E-state index is 10.8. The predicted molar refractivity (Wildman–Crippen MR) is 64.5 cm³/mol. The summed E-state index contributed by atoms with van der Waals surface area (Å²) < 4.78 is 0. The van der Waals surface area contributed by atoms with E-state index in [4.69, 9.17) is 5.84 Å². The molecule has 0 aliphatic rings. The number of hydrazine groups is 1. The maximum atomic E-state index is 10.8. The average Bonchev–Trinajstić information content (AvgIpc) is 2.28. The standard InChI is InChI=1S/C9H16N6O2/c1-3-4-6(2)12-8-7(15(16)17)5-11-9(13-8)14-10/h5-6H,3-4,10H2,1-2H3,(H2,11,12,13,14). The topological polar surface area (TPSA) is 119 Å². The van der Waals surface area contributed by atoms with Crippen molar-refractivity contribution in [3.8, 4) is 0 Å². The van der Waals surface area contributed by atoms with Gasteiger partial charge in [-0.1, -0.05) is 13.3 Å². The van der Waals surface area contributed by atoms with E-state index >= 15 is 0 Å². The number of nitrogens with one attached hydrogen (secondary N) is 2. The molecule has 1 heterocycles. The second-order valence-corrected chi connectivity index (χ2v) is 3.66. The van der Waals surface area contributed by atoms with Crippen LogP contribution in [0.1, 0.15) is 26.7 Å². The Morgan fingerprint density at radius 1 is 1.65 bits per heavy atom. The lowest BCUT2D eigenvalue weighted by molar-refractivity contribution is -0.384. The highest BCUT2D eigenvalue weighted by Crippen LogP contribution is 2.22. The summed E-state index contributed by atoms with van der Waals surface area (Å²) in [6.45, 7) is 3.98. The molecule has 8 nitrogen and oxygen atoms in total. The molecule has 0 fully saturated rings. The molecule has 1 rings (SSSR count). The third-order valence-electron chi connectivity index (χ3n) is 2.20. The summed E-state index contributed by atoms with van der Waals surface area (Å²) in [4.78, 5) is 17.9. The van der Waals surface area contributed by atoms with Crippen LogP contribution in [0.25, 0.3) is 0 Å². The lowest BCUT2D eigenvalue weighted by atomic mass is 10.2. The molecule has 0 amide bonds. The van der Waals surface area contributed by atoms with Gasteiger partial charge in [-0.3, -0.25) is 15.5 Å². The van der Waals surface area contributed by atoms with Crippen LogP contribution in [-0.4, -0.2) is 20.9 Å². The van der Waals surface area contributed by atoms with Crippen LogP contribution in [0, 0.1) is 10.1 Å². The van der Waals surface area contributed by atoms with Crippen molar-refractivity contribution in [3.63, 3.8) is 0 Å². The molecule has 0 aliphatic heterocycles. The van der Waals surface area contributed by atoms with Crippen molar-refractivity contribution in [2.75, 3.05) is 10.7 Å². The van der Waals surface area contributed by atoms with Crippen molar-refractivity contribution in [2.45, 2.75) is 32.7 Å². The number of nitrogen functional groups attached to an aromatic ring is 1. The Bertz CT molecular complexity index is 397. The van der Waals surface area contributed by atoms with Gasteiger partial charge in [0.2, 0.25) is 11.8 Å². The van der Waals surface area contributed by atoms with Crippen LogP contribution in [0.4, 0.5) is 17.5 Å². The first kappa shape index (κ1) is 13.1. The lowest BCUT2D eigenvalue weighted by Crippen LogP contribution is -2.18. The van der Waals surface area contributed by atoms with Crippen LogP contribution in [0.3, 0.4) is 0 Å². The monoisotopic (exact) mass is 240 g/mol. The molecule has 94 valence electrons. The zero-order valence-corrected chi connectivity index (χ0v) is 9.80. The minimum atomic E-state index is -0.526. The van der Waals surface area contributed by atoms with E-state index in [-0.39, 0.29) is 23.5 Å². The van der Waals surface area contributed by atoms with Crippen LogP contribution in [0.2, 0.25) is 0 Å². The van der Waals surface area contributed by atoms with Crippen LogP contribution >= 0.6 is 0 Å². The molecule has 0 saturated heterocycles. The normalized spacial score (nSPS) is 11.9. The van der Waals surface area contributed by atoms with E-state index in [1.165, 1.54) is 0 Å². The van der Waals surface area contributed by atoms with Gasteiger partial charge in [-0.2, -0.15) is 4.98 Å². The van der Waals surface area contributed by atoms with E-state index in [1.54, 1.807) is 0 Å². The molecule has 0 aromatic carbocycles. The molecule has 4 N–H and O–H groups in total. The summed E-state index contributed by atoms with van der Waals surface area (Å²) in [5, 5.41) is 13.8. The fourth-order valence-electron chi connectivity index (χ4n) is 1.42. The smallest absolute Gasteiger partial charge is 0.329 e. The summed E-state index contributed by atoms with van der Waals surface area (Å²) in [5.41, 5.74) is 2.09. The van der Waals surface area contributed by atoms with Crippen LogP contribution in [-0.2, 0) is 0 Å². The number of hydrogen-bond donors (Lipinski definition) is 3. The van der Waals surface area contributed by atoms with Gasteiger partial charge in [-0.15, -0.1) is 0 Å². The molecule has 0 aliphatic carbocycles. The number of nitrogens with two attached hydrogens (primary N) is 1. The first-order chi connectivity index (χ1) is 8.08. The number of aromatic nitrogens is 2. The van der Waals surface area contributed by atoms with Gasteiger partial charge in [0, 0.05) is 6.04 Å². The number of anilines is 2. The van der Waals surface area contributed by atoms with E-state index in [0.717, 1.165) is 19.0 Å². The van der Waals surface area contributed by atoms with Gasteiger partial charge in [0.1, 0.15) is 6.20 Å². The first-order valence-electron chi connectivity index (χ1n) is 5.33. The molecule has 0 bridgehead atoms. The van der Waals surface area contributed by atoms with Gasteiger partial charge < -0.3 is 5.32 Å². The van der Waals surface area contributed by atoms with Gasteiger partial charge in [0.25, 0.3) is 0 Å². The van der Waals surface area contributed by atoms with Crippen molar-refractivity contribution < 1.29 is 4.92 Å². The number of nitrogens with zero attached hydrogens (tertiary/aromatic N) is 3. The fourth-order valence-corrected chi connectivity index (χ4v) is 1.42. The van der Waals surface area contributed by atoms with E-state index in [0.29, 0.717) is 0 Å². The van der Waals surface area contributed by atoms with Crippen LogP contribution in [0.15, 0.2) is 6.20 Å². The Morgan fingerprint density at radius 3 is 2.88 bits per heavy atom. The Hall–Kier alpha value is -1.96. The van der Waals surface area contributed by atoms with Crippen molar-refractivity contribution in [1.29, 1.82) is 0 Å². The third kappa shape index (κ3) is 3.52. The summed E-state index contributed by atoms with van der Waals surface area (Å²) in [7, 11) is 0. The van der Waals surface area contributed by atoms with Gasteiger partial charge in [0.15, 0.2) is 0 Å². The van der Waals surface area contributed by atoms with Gasteiger partial charge in [-0.05, 0) is 13.3 Å². The van der Waals surface area contributed by atoms with Crippen molar-refractivity contribution in [2.24, 2.45) is 5.84 Å². The molecule has 1 aromatic heterocycles. The summed E-state index contributed by atoms with van der Waals surface area (Å²) in [5.74, 6) is 5.48. The summed E-state index contributed by atoms with van der Waals surface area (Å²) in [6, 6.07) is 0.0965. The largest absolute Gasteiger partial charge is 0.362 e. The van der Waals surface area contributed by atoms with Gasteiger partial charge in [0.05, 0.1) is 4.92 Å². The molecule has 17 heavy (non-hydrogen) atoms. The molecule has 8 heteroatoms. The predicted octanol–water partition coefficient (Wildman–Crippen LogP) is 1.27. The highest BCUT2D eigenvalue weighted by molar-refractivity contribution is 5.57. The maximum Gasteiger partial charge on any atom is 0.329 e. The average molecular weight is 240 g/mol. The lowest BCUT2D eigenvalue weighted by Gasteiger charge is -2.13. The highest BCUT2D eigenvalue weighted by Gasteiger charge is 2.18. The molecule has 1 atom stereocenters. The van der Waals surface area contributed by atoms with E-state index in [2.05, 4.69) is 20.7 Å². The molecular formula is C9H16N6O2. The molecule has 1 aromatic rings. The molecule has 0 radical (unpaired) electrons. The minimum Gasteiger partial charge on any atom is -0.362 e. The Balaban J connectivity index is 2.96. The zero-order valence-electron chi connectivity index (χ0n) is 9.80. The van der Waals surface area contributed by atoms with Crippen molar-refractivity contribution >= 4 is 17.5 Å². The number of nitro groups is 1. The molecular weight excluding hydrogens is 224 g/mol. The Morgan fingerprint density at radius 2 is 2.35 bits per heavy atom. The summed E-state index contributed by atoms with van der Waals surface area (Å²) >= 11 is 0. The minimum absolute atomic E-state index is 0.0965. The first-order valence-corrected chi connectivity index (χ1v) is 5.33. The highest BCUT2D eigenvalue weighted by atomic mass is 16.6. The fraction of sp³-hybridized carbons (Fsp3) is 0.556. The molecule has 1 unspecified atom stereocenters. The second-order valence-electron chi connectivity index (χ2n) is 3.66. The molecule has 0 saturated carbocycles. The quantitative estimate of drug-likeness (QED) is 0.389. The Kier molecular flexibility index (Phi) is 4.58. The van der Waals surface area contributed by atoms with Gasteiger partial charge >= 0.3 is 5.69 Å². The van der Waals surface area contributed by atoms with Crippen LogP contribution < -0.4 is 16.6 Å². The summed E-state index contributed by atoms with van der Waals surface area (Å²) in [6.07, 6.45) is 3.00. The third-order valence-corrected chi connectivity index (χ3v) is 2.20. The van der Waals surface area contributed by atoms with Crippen LogP contribution in [0.5, 0.6) is 0 Å². The van der Waals surface area contributed by atoms with E-state index < -0.39 is 4.92 Å². The van der Waals surface area contributed by atoms with E-state index in [9.17, 15) is 10.1 Å². The van der Waals surface area contributed by atoms with Crippen molar-refractivity contribution in [3.05, 3.63) is 16.3 Å².